The van der Waals surface area contributed by atoms with Crippen LogP contribution in [0, 0.1) is 0 Å². The van der Waals surface area contributed by atoms with Gasteiger partial charge in [0.25, 0.3) is 0 Å². The minimum atomic E-state index is 0.683. The Labute approximate surface area is 127 Å². The Bertz CT molecular complexity index is 747. The maximum Gasteiger partial charge on any atom is 0.164 e. The van der Waals surface area contributed by atoms with Gasteiger partial charge < -0.3 is 0 Å². The lowest BCUT2D eigenvalue weighted by Crippen LogP contribution is -2.09. The third-order valence-electron chi connectivity index (χ3n) is 3.84. The zero-order chi connectivity index (χ0) is 14.1. The van der Waals surface area contributed by atoms with E-state index in [9.17, 15) is 0 Å². The van der Waals surface area contributed by atoms with Gasteiger partial charge >= 0.3 is 0 Å². The van der Waals surface area contributed by atoms with E-state index in [1.807, 2.05) is 42.9 Å². The van der Waals surface area contributed by atoms with Crippen LogP contribution in [-0.4, -0.2) is 30.5 Å². The van der Waals surface area contributed by atoms with Crippen LogP contribution in [-0.2, 0) is 6.42 Å². The first-order valence-corrected chi connectivity index (χ1v) is 8.31. The summed E-state index contributed by atoms with van der Waals surface area (Å²) in [6.07, 6.45) is 9.08. The van der Waals surface area contributed by atoms with Gasteiger partial charge in [-0.3, -0.25) is 9.55 Å². The van der Waals surface area contributed by atoms with Crippen LogP contribution in [0.15, 0.2) is 42.9 Å². The van der Waals surface area contributed by atoms with Crippen molar-refractivity contribution in [3.8, 4) is 5.69 Å². The molecule has 106 valence electrons. The van der Waals surface area contributed by atoms with Gasteiger partial charge in [-0.25, -0.2) is 9.97 Å². The Hall–Kier alpha value is -1.88. The Morgan fingerprint density at radius 2 is 2.10 bits per heavy atom. The van der Waals surface area contributed by atoms with Gasteiger partial charge in [0.1, 0.15) is 11.3 Å². The van der Waals surface area contributed by atoms with E-state index >= 15 is 0 Å². The molecule has 1 atom stereocenters. The molecule has 4 nitrogen and oxygen atoms in total. The summed E-state index contributed by atoms with van der Waals surface area (Å²) in [6, 6.07) is 8.01. The van der Waals surface area contributed by atoms with Crippen molar-refractivity contribution in [2.75, 3.05) is 5.75 Å². The summed E-state index contributed by atoms with van der Waals surface area (Å²) < 4.78 is 2.18. The lowest BCUT2D eigenvalue weighted by Gasteiger charge is -2.11. The van der Waals surface area contributed by atoms with E-state index in [4.69, 9.17) is 4.98 Å². The van der Waals surface area contributed by atoms with Crippen molar-refractivity contribution in [3.63, 3.8) is 0 Å². The molecule has 0 radical (unpaired) electrons. The average Bonchev–Trinajstić information content (AvgIpc) is 3.15. The van der Waals surface area contributed by atoms with Crippen LogP contribution >= 0.6 is 11.8 Å². The summed E-state index contributed by atoms with van der Waals surface area (Å²) >= 11 is 2.06. The molecule has 4 heterocycles. The van der Waals surface area contributed by atoms with Crippen LogP contribution < -0.4 is 0 Å². The van der Waals surface area contributed by atoms with Crippen molar-refractivity contribution in [3.05, 3.63) is 48.7 Å². The molecule has 5 heteroatoms. The predicted octanol–water partition coefficient (Wildman–Crippen LogP) is 3.25. The van der Waals surface area contributed by atoms with Gasteiger partial charge in [0.15, 0.2) is 5.65 Å². The van der Waals surface area contributed by atoms with Crippen LogP contribution in [0.5, 0.6) is 0 Å². The number of hydrogen-bond acceptors (Lipinski definition) is 4. The van der Waals surface area contributed by atoms with E-state index < -0.39 is 0 Å². The number of aromatic nitrogens is 4. The zero-order valence-electron chi connectivity index (χ0n) is 11.6. The molecule has 0 spiro atoms. The first kappa shape index (κ1) is 12.8. The smallest absolute Gasteiger partial charge is 0.164 e. The third kappa shape index (κ3) is 2.42. The molecule has 21 heavy (non-hydrogen) atoms. The first-order chi connectivity index (χ1) is 10.4. The maximum atomic E-state index is 4.82. The highest BCUT2D eigenvalue weighted by Crippen LogP contribution is 2.30. The molecule has 3 aromatic heterocycles. The van der Waals surface area contributed by atoms with Gasteiger partial charge in [0.05, 0.1) is 5.69 Å². The standard InChI is InChI=1S/C16H16N4S/c1-4-14-16(18-7-1)20(12-5-8-17-9-6-12)15(19-14)11-13-3-2-10-21-13/h1,4-9,13H,2-3,10-11H2. The van der Waals surface area contributed by atoms with Gasteiger partial charge in [-0.2, -0.15) is 11.8 Å². The van der Waals surface area contributed by atoms with E-state index in [0.717, 1.165) is 29.1 Å². The topological polar surface area (TPSA) is 43.6 Å². The maximum absolute atomic E-state index is 4.82. The molecule has 1 aliphatic rings. The minimum Gasteiger partial charge on any atom is -0.281 e. The summed E-state index contributed by atoms with van der Waals surface area (Å²) in [6.45, 7) is 0. The average molecular weight is 296 g/mol. The summed E-state index contributed by atoms with van der Waals surface area (Å²) in [4.78, 5) is 13.5. The van der Waals surface area contributed by atoms with Crippen LogP contribution in [0.4, 0.5) is 0 Å². The van der Waals surface area contributed by atoms with Crippen molar-refractivity contribution in [1.29, 1.82) is 0 Å². The number of imidazole rings is 1. The number of rotatable bonds is 3. The lowest BCUT2D eigenvalue weighted by atomic mass is 10.2. The highest BCUT2D eigenvalue weighted by atomic mass is 32.2. The zero-order valence-corrected chi connectivity index (χ0v) is 12.5. The SMILES string of the molecule is c1cnc2c(c1)nc(CC1CCCS1)n2-c1ccncc1. The molecule has 1 aliphatic heterocycles. The van der Waals surface area contributed by atoms with Gasteiger partial charge in [-0.05, 0) is 42.9 Å². The normalized spacial score (nSPS) is 18.4. The van der Waals surface area contributed by atoms with Crippen LogP contribution in [0.2, 0.25) is 0 Å². The Kier molecular flexibility index (Phi) is 3.35. The molecule has 3 aromatic rings. The van der Waals surface area contributed by atoms with Gasteiger partial charge in [-0.15, -0.1) is 0 Å². The van der Waals surface area contributed by atoms with Crippen molar-refractivity contribution in [2.24, 2.45) is 0 Å². The van der Waals surface area contributed by atoms with E-state index in [1.165, 1.54) is 18.6 Å². The Morgan fingerprint density at radius 1 is 1.19 bits per heavy atom. The second-order valence-electron chi connectivity index (χ2n) is 5.25. The molecule has 1 unspecified atom stereocenters. The molecule has 0 N–H and O–H groups in total. The molecule has 0 saturated carbocycles. The summed E-state index contributed by atoms with van der Waals surface area (Å²) in [5, 5.41) is 0.683. The fourth-order valence-electron chi connectivity index (χ4n) is 2.87. The summed E-state index contributed by atoms with van der Waals surface area (Å²) in [5.74, 6) is 2.38. The Balaban J connectivity index is 1.84. The quantitative estimate of drug-likeness (QED) is 0.744. The highest BCUT2D eigenvalue weighted by molar-refractivity contribution is 8.00. The van der Waals surface area contributed by atoms with Crippen LogP contribution in [0.25, 0.3) is 16.9 Å². The second-order valence-corrected chi connectivity index (χ2v) is 6.66. The van der Waals surface area contributed by atoms with E-state index in [-0.39, 0.29) is 0 Å². The first-order valence-electron chi connectivity index (χ1n) is 7.26. The number of hydrogen-bond donors (Lipinski definition) is 0. The van der Waals surface area contributed by atoms with E-state index in [2.05, 4.69) is 26.3 Å². The molecular formula is C16H16N4S. The number of pyridine rings is 2. The molecular weight excluding hydrogens is 280 g/mol. The molecule has 1 fully saturated rings. The lowest BCUT2D eigenvalue weighted by molar-refractivity contribution is 0.737. The summed E-state index contributed by atoms with van der Waals surface area (Å²) in [7, 11) is 0. The fourth-order valence-corrected chi connectivity index (χ4v) is 4.14. The van der Waals surface area contributed by atoms with Crippen molar-refractivity contribution in [2.45, 2.75) is 24.5 Å². The minimum absolute atomic E-state index is 0.683. The molecule has 0 bridgehead atoms. The van der Waals surface area contributed by atoms with Gasteiger partial charge in [0.2, 0.25) is 0 Å². The highest BCUT2D eigenvalue weighted by Gasteiger charge is 2.21. The predicted molar refractivity (Wildman–Crippen MR) is 85.8 cm³/mol. The molecule has 0 aromatic carbocycles. The molecule has 4 rings (SSSR count). The molecule has 1 saturated heterocycles. The van der Waals surface area contributed by atoms with E-state index in [0.29, 0.717) is 5.25 Å². The second kappa shape index (κ2) is 5.48. The Morgan fingerprint density at radius 3 is 2.90 bits per heavy atom. The van der Waals surface area contributed by atoms with E-state index in [1.54, 1.807) is 0 Å². The van der Waals surface area contributed by atoms with Crippen molar-refractivity contribution >= 4 is 22.9 Å². The number of thioether (sulfide) groups is 1. The largest absolute Gasteiger partial charge is 0.281 e. The monoisotopic (exact) mass is 296 g/mol. The van der Waals surface area contributed by atoms with Crippen LogP contribution in [0.1, 0.15) is 18.7 Å². The van der Waals surface area contributed by atoms with Crippen molar-refractivity contribution in [1.82, 2.24) is 19.5 Å². The van der Waals surface area contributed by atoms with Crippen LogP contribution in [0.3, 0.4) is 0 Å². The van der Waals surface area contributed by atoms with Crippen molar-refractivity contribution < 1.29 is 0 Å². The van der Waals surface area contributed by atoms with Gasteiger partial charge in [-0.1, -0.05) is 0 Å². The number of nitrogens with zero attached hydrogens (tertiary/aromatic N) is 4. The number of fused-ring (bicyclic) bond motifs is 1. The molecule has 0 aliphatic carbocycles. The molecule has 0 amide bonds. The fraction of sp³-hybridized carbons (Fsp3) is 0.312. The third-order valence-corrected chi connectivity index (χ3v) is 5.24. The van der Waals surface area contributed by atoms with Gasteiger partial charge in [0, 0.05) is 30.3 Å². The summed E-state index contributed by atoms with van der Waals surface area (Å²) in [5.41, 5.74) is 2.98.